The van der Waals surface area contributed by atoms with Gasteiger partial charge in [0.05, 0.1) is 11.2 Å². The zero-order valence-electron chi connectivity index (χ0n) is 8.72. The summed E-state index contributed by atoms with van der Waals surface area (Å²) < 4.78 is 1.87. The minimum absolute atomic E-state index is 0.0490. The van der Waals surface area contributed by atoms with Crippen molar-refractivity contribution < 1.29 is 5.11 Å². The smallest absolute Gasteiger partial charge is 0.135 e. The zero-order valence-corrected chi connectivity index (χ0v) is 10.3. The Hall–Kier alpha value is -0.970. The first kappa shape index (κ1) is 11.5. The maximum atomic E-state index is 9.03. The third-order valence-corrected chi connectivity index (χ3v) is 3.51. The molecule has 2 aromatic rings. The molecule has 1 aromatic heterocycles. The van der Waals surface area contributed by atoms with Gasteiger partial charge in [0.2, 0.25) is 0 Å². The first-order valence-corrected chi connectivity index (χ1v) is 5.95. The van der Waals surface area contributed by atoms with Gasteiger partial charge in [0.15, 0.2) is 0 Å². The van der Waals surface area contributed by atoms with E-state index in [-0.39, 0.29) is 6.61 Å². The maximum absolute atomic E-state index is 9.03. The summed E-state index contributed by atoms with van der Waals surface area (Å²) in [6.45, 7) is -0.0490. The summed E-state index contributed by atoms with van der Waals surface area (Å²) in [6.07, 6.45) is 1.75. The van der Waals surface area contributed by atoms with Gasteiger partial charge in [-0.2, -0.15) is 0 Å². The van der Waals surface area contributed by atoms with E-state index in [0.717, 1.165) is 14.9 Å². The van der Waals surface area contributed by atoms with Gasteiger partial charge in [-0.3, -0.25) is 0 Å². The second kappa shape index (κ2) is 4.91. The van der Waals surface area contributed by atoms with Crippen LogP contribution in [0.3, 0.4) is 0 Å². The van der Waals surface area contributed by atoms with Gasteiger partial charge in [-0.1, -0.05) is 29.4 Å². The molecule has 1 N–H and O–H groups in total. The highest BCUT2D eigenvalue weighted by molar-refractivity contribution is 7.99. The molecule has 0 amide bonds. The van der Waals surface area contributed by atoms with Crippen molar-refractivity contribution in [2.75, 3.05) is 0 Å². The van der Waals surface area contributed by atoms with Gasteiger partial charge in [-0.05, 0) is 18.2 Å². The fourth-order valence-electron chi connectivity index (χ4n) is 1.32. The third kappa shape index (κ3) is 2.40. The Labute approximate surface area is 103 Å². The lowest BCUT2D eigenvalue weighted by Crippen LogP contribution is -1.98. The molecule has 0 saturated carbocycles. The molecular formula is C11H11ClN2OS. The van der Waals surface area contributed by atoms with Crippen LogP contribution in [0.1, 0.15) is 5.82 Å². The summed E-state index contributed by atoms with van der Waals surface area (Å²) in [5, 5.41) is 10.7. The lowest BCUT2D eigenvalue weighted by molar-refractivity contribution is 0.266. The van der Waals surface area contributed by atoms with E-state index >= 15 is 0 Å². The van der Waals surface area contributed by atoms with Crippen molar-refractivity contribution in [2.24, 2.45) is 7.05 Å². The third-order valence-electron chi connectivity index (χ3n) is 2.20. The molecule has 0 spiro atoms. The van der Waals surface area contributed by atoms with Gasteiger partial charge in [-0.15, -0.1) is 0 Å². The van der Waals surface area contributed by atoms with Crippen molar-refractivity contribution in [3.8, 4) is 0 Å². The number of halogens is 1. The van der Waals surface area contributed by atoms with Crippen LogP contribution in [0.5, 0.6) is 0 Å². The quantitative estimate of drug-likeness (QED) is 0.915. The molecule has 2 rings (SSSR count). The van der Waals surface area contributed by atoms with Crippen LogP contribution in [-0.4, -0.2) is 14.7 Å². The molecule has 0 atom stereocenters. The molecule has 3 nitrogen and oxygen atoms in total. The molecule has 1 aromatic carbocycles. The summed E-state index contributed by atoms with van der Waals surface area (Å²) >= 11 is 7.48. The fraction of sp³-hybridized carbons (Fsp3) is 0.182. The molecule has 84 valence electrons. The number of hydrogen-bond acceptors (Lipinski definition) is 3. The van der Waals surface area contributed by atoms with Crippen LogP contribution in [0.2, 0.25) is 5.02 Å². The molecule has 1 heterocycles. The van der Waals surface area contributed by atoms with Gasteiger partial charge in [0.1, 0.15) is 12.4 Å². The van der Waals surface area contributed by atoms with Crippen molar-refractivity contribution in [2.45, 2.75) is 16.5 Å². The minimum Gasteiger partial charge on any atom is -0.388 e. The molecule has 0 aliphatic carbocycles. The van der Waals surface area contributed by atoms with E-state index in [1.165, 1.54) is 0 Å². The van der Waals surface area contributed by atoms with Gasteiger partial charge >= 0.3 is 0 Å². The monoisotopic (exact) mass is 254 g/mol. The lowest BCUT2D eigenvalue weighted by atomic mass is 10.4. The average Bonchev–Trinajstić information content (AvgIpc) is 2.60. The first-order valence-electron chi connectivity index (χ1n) is 4.75. The molecule has 0 bridgehead atoms. The second-order valence-electron chi connectivity index (χ2n) is 3.29. The van der Waals surface area contributed by atoms with Crippen LogP contribution in [0.15, 0.2) is 40.4 Å². The van der Waals surface area contributed by atoms with E-state index in [1.54, 1.807) is 18.0 Å². The molecule has 0 aliphatic rings. The molecule has 0 saturated heterocycles. The van der Waals surface area contributed by atoms with E-state index in [0.29, 0.717) is 5.82 Å². The topological polar surface area (TPSA) is 38.0 Å². The Morgan fingerprint density at radius 3 is 2.94 bits per heavy atom. The Kier molecular flexibility index (Phi) is 3.53. The average molecular weight is 255 g/mol. The van der Waals surface area contributed by atoms with Gasteiger partial charge in [0.25, 0.3) is 0 Å². The Balaban J connectivity index is 2.24. The summed E-state index contributed by atoms with van der Waals surface area (Å²) in [5.41, 5.74) is 0. The van der Waals surface area contributed by atoms with E-state index < -0.39 is 0 Å². The predicted molar refractivity (Wildman–Crippen MR) is 64.7 cm³/mol. The molecule has 0 radical (unpaired) electrons. The van der Waals surface area contributed by atoms with Crippen molar-refractivity contribution in [1.29, 1.82) is 0 Å². The van der Waals surface area contributed by atoms with Crippen molar-refractivity contribution in [3.63, 3.8) is 0 Å². The predicted octanol–water partition coefficient (Wildman–Crippen LogP) is 2.72. The normalized spacial score (nSPS) is 10.7. The molecule has 0 unspecified atom stereocenters. The highest BCUT2D eigenvalue weighted by atomic mass is 35.5. The SMILES string of the molecule is Cn1c(Sc2cccc(Cl)c2)cnc1CO. The fourth-order valence-corrected chi connectivity index (χ4v) is 2.50. The van der Waals surface area contributed by atoms with Gasteiger partial charge in [0, 0.05) is 17.0 Å². The number of aliphatic hydroxyl groups excluding tert-OH is 1. The highest BCUT2D eigenvalue weighted by Gasteiger charge is 2.06. The molecular weight excluding hydrogens is 244 g/mol. The Morgan fingerprint density at radius 2 is 2.31 bits per heavy atom. The zero-order chi connectivity index (χ0) is 11.5. The van der Waals surface area contributed by atoms with Gasteiger partial charge in [-0.25, -0.2) is 4.98 Å². The molecule has 5 heteroatoms. The summed E-state index contributed by atoms with van der Waals surface area (Å²) in [5.74, 6) is 0.657. The Bertz CT molecular complexity index is 498. The lowest BCUT2D eigenvalue weighted by Gasteiger charge is -2.04. The number of aliphatic hydroxyl groups is 1. The van der Waals surface area contributed by atoms with E-state index in [4.69, 9.17) is 16.7 Å². The summed E-state index contributed by atoms with van der Waals surface area (Å²) in [4.78, 5) is 5.17. The van der Waals surface area contributed by atoms with Crippen molar-refractivity contribution >= 4 is 23.4 Å². The number of aromatic nitrogens is 2. The summed E-state index contributed by atoms with van der Waals surface area (Å²) in [7, 11) is 1.88. The number of imidazole rings is 1. The number of hydrogen-bond donors (Lipinski definition) is 1. The van der Waals surface area contributed by atoms with E-state index in [2.05, 4.69) is 4.98 Å². The largest absolute Gasteiger partial charge is 0.388 e. The van der Waals surface area contributed by atoms with Crippen LogP contribution in [-0.2, 0) is 13.7 Å². The van der Waals surface area contributed by atoms with Crippen LogP contribution in [0.4, 0.5) is 0 Å². The molecule has 16 heavy (non-hydrogen) atoms. The van der Waals surface area contributed by atoms with Crippen LogP contribution >= 0.6 is 23.4 Å². The number of benzene rings is 1. The maximum Gasteiger partial charge on any atom is 0.135 e. The highest BCUT2D eigenvalue weighted by Crippen LogP contribution is 2.29. The van der Waals surface area contributed by atoms with Crippen LogP contribution in [0, 0.1) is 0 Å². The second-order valence-corrected chi connectivity index (χ2v) is 4.82. The number of nitrogens with zero attached hydrogens (tertiary/aromatic N) is 2. The van der Waals surface area contributed by atoms with Crippen molar-refractivity contribution in [1.82, 2.24) is 9.55 Å². The van der Waals surface area contributed by atoms with E-state index in [9.17, 15) is 0 Å². The molecule has 0 aliphatic heterocycles. The van der Waals surface area contributed by atoms with E-state index in [1.807, 2.05) is 35.9 Å². The first-order chi connectivity index (χ1) is 7.70. The standard InChI is InChI=1S/C11H11ClN2OS/c1-14-10(7-15)13-6-11(14)16-9-4-2-3-8(12)5-9/h2-6,15H,7H2,1H3. The van der Waals surface area contributed by atoms with Crippen LogP contribution in [0.25, 0.3) is 0 Å². The molecule has 0 fully saturated rings. The van der Waals surface area contributed by atoms with Gasteiger partial charge < -0.3 is 9.67 Å². The Morgan fingerprint density at radius 1 is 1.50 bits per heavy atom. The number of rotatable bonds is 3. The minimum atomic E-state index is -0.0490. The summed E-state index contributed by atoms with van der Waals surface area (Å²) in [6, 6.07) is 7.64. The van der Waals surface area contributed by atoms with Crippen molar-refractivity contribution in [3.05, 3.63) is 41.3 Å². The van der Waals surface area contributed by atoms with Crippen LogP contribution < -0.4 is 0 Å².